The van der Waals surface area contributed by atoms with Gasteiger partial charge in [0, 0.05) is 11.8 Å². The van der Waals surface area contributed by atoms with Gasteiger partial charge in [-0.1, -0.05) is 84.9 Å². The predicted molar refractivity (Wildman–Crippen MR) is 94.6 cm³/mol. The molecule has 2 N–H and O–H groups in total. The summed E-state index contributed by atoms with van der Waals surface area (Å²) in [6.07, 6.45) is -1.36. The van der Waals surface area contributed by atoms with Crippen molar-refractivity contribution in [3.63, 3.8) is 0 Å². The number of benzene rings is 3. The second-order valence-corrected chi connectivity index (χ2v) is 6.39. The van der Waals surface area contributed by atoms with Gasteiger partial charge < -0.3 is 10.2 Å². The van der Waals surface area contributed by atoms with Crippen LogP contribution in [-0.2, 0) is 0 Å². The van der Waals surface area contributed by atoms with Crippen LogP contribution in [0.5, 0.6) is 0 Å². The van der Waals surface area contributed by atoms with Gasteiger partial charge in [-0.25, -0.2) is 0 Å². The zero-order valence-corrected chi connectivity index (χ0v) is 13.3. The van der Waals surface area contributed by atoms with Gasteiger partial charge in [-0.15, -0.1) is 0 Å². The molecule has 0 amide bonds. The number of fused-ring (bicyclic) bond motifs is 1. The lowest BCUT2D eigenvalue weighted by molar-refractivity contribution is 0.0256. The summed E-state index contributed by atoms with van der Waals surface area (Å²) in [5, 5.41) is 21.9. The maximum atomic E-state index is 10.9. The minimum absolute atomic E-state index is 0.0650. The summed E-state index contributed by atoms with van der Waals surface area (Å²) in [5.74, 6) is -0.364. The van der Waals surface area contributed by atoms with Gasteiger partial charge in [-0.2, -0.15) is 0 Å². The highest BCUT2D eigenvalue weighted by Crippen LogP contribution is 2.52. The molecule has 0 saturated heterocycles. The third-order valence-electron chi connectivity index (χ3n) is 5.06. The summed E-state index contributed by atoms with van der Waals surface area (Å²) in [4.78, 5) is 0. The van der Waals surface area contributed by atoms with Crippen molar-refractivity contribution in [2.24, 2.45) is 5.92 Å². The Morgan fingerprint density at radius 1 is 0.542 bits per heavy atom. The van der Waals surface area contributed by atoms with Crippen LogP contribution >= 0.6 is 0 Å². The Balaban J connectivity index is 1.84. The molecule has 3 aromatic rings. The van der Waals surface area contributed by atoms with Crippen LogP contribution < -0.4 is 0 Å². The quantitative estimate of drug-likeness (QED) is 0.759. The van der Waals surface area contributed by atoms with Crippen LogP contribution in [0.3, 0.4) is 0 Å². The average molecular weight is 316 g/mol. The SMILES string of the molecule is OC1c2ccccc2C(O)C1C(c1ccccc1)c1ccccc1. The number of aliphatic hydroxyl groups is 2. The van der Waals surface area contributed by atoms with Gasteiger partial charge in [0.2, 0.25) is 0 Å². The van der Waals surface area contributed by atoms with E-state index in [0.29, 0.717) is 0 Å². The van der Waals surface area contributed by atoms with Gasteiger partial charge in [0.25, 0.3) is 0 Å². The number of rotatable bonds is 3. The van der Waals surface area contributed by atoms with E-state index in [9.17, 15) is 10.2 Å². The molecule has 0 saturated carbocycles. The zero-order valence-electron chi connectivity index (χ0n) is 13.3. The van der Waals surface area contributed by atoms with Crippen LogP contribution in [-0.4, -0.2) is 10.2 Å². The molecule has 24 heavy (non-hydrogen) atoms. The molecule has 2 nitrogen and oxygen atoms in total. The highest BCUT2D eigenvalue weighted by molar-refractivity contribution is 5.42. The smallest absolute Gasteiger partial charge is 0.0859 e. The predicted octanol–water partition coefficient (Wildman–Crippen LogP) is 4.22. The van der Waals surface area contributed by atoms with E-state index in [1.807, 2.05) is 60.7 Å². The van der Waals surface area contributed by atoms with E-state index in [1.54, 1.807) is 0 Å². The van der Waals surface area contributed by atoms with Gasteiger partial charge in [-0.05, 0) is 22.3 Å². The monoisotopic (exact) mass is 316 g/mol. The molecule has 0 radical (unpaired) electrons. The van der Waals surface area contributed by atoms with E-state index < -0.39 is 12.2 Å². The first-order chi connectivity index (χ1) is 11.8. The first kappa shape index (κ1) is 15.1. The lowest BCUT2D eigenvalue weighted by atomic mass is 9.77. The van der Waals surface area contributed by atoms with Crippen LogP contribution in [0.15, 0.2) is 84.9 Å². The largest absolute Gasteiger partial charge is 0.388 e. The van der Waals surface area contributed by atoms with Gasteiger partial charge >= 0.3 is 0 Å². The van der Waals surface area contributed by atoms with Crippen molar-refractivity contribution >= 4 is 0 Å². The molecule has 1 aliphatic carbocycles. The molecule has 2 heteroatoms. The molecule has 0 heterocycles. The van der Waals surface area contributed by atoms with Crippen molar-refractivity contribution in [3.8, 4) is 0 Å². The van der Waals surface area contributed by atoms with Crippen molar-refractivity contribution < 1.29 is 10.2 Å². The fourth-order valence-corrected chi connectivity index (χ4v) is 3.96. The van der Waals surface area contributed by atoms with E-state index in [2.05, 4.69) is 24.3 Å². The summed E-state index contributed by atoms with van der Waals surface area (Å²) < 4.78 is 0. The standard InChI is InChI=1S/C22H20O2/c23-21-17-13-7-8-14-18(17)22(24)20(21)19(15-9-3-1-4-10-15)16-11-5-2-6-12-16/h1-14,19-24H. The van der Waals surface area contributed by atoms with E-state index in [0.717, 1.165) is 22.3 Å². The van der Waals surface area contributed by atoms with Gasteiger partial charge in [0.15, 0.2) is 0 Å². The second-order valence-electron chi connectivity index (χ2n) is 6.39. The Hall–Kier alpha value is -2.42. The molecular formula is C22H20O2. The molecule has 0 aromatic heterocycles. The van der Waals surface area contributed by atoms with Crippen molar-refractivity contribution in [2.45, 2.75) is 18.1 Å². The van der Waals surface area contributed by atoms with Crippen molar-refractivity contribution in [3.05, 3.63) is 107 Å². The second kappa shape index (κ2) is 6.23. The van der Waals surface area contributed by atoms with E-state index in [1.165, 1.54) is 0 Å². The number of hydrogen-bond donors (Lipinski definition) is 2. The van der Waals surface area contributed by atoms with Crippen molar-refractivity contribution in [2.75, 3.05) is 0 Å². The van der Waals surface area contributed by atoms with Crippen LogP contribution in [0.4, 0.5) is 0 Å². The van der Waals surface area contributed by atoms with Gasteiger partial charge in [0.1, 0.15) is 0 Å². The highest BCUT2D eigenvalue weighted by Gasteiger charge is 2.44. The van der Waals surface area contributed by atoms with Crippen molar-refractivity contribution in [1.29, 1.82) is 0 Å². The Morgan fingerprint density at radius 3 is 1.33 bits per heavy atom. The van der Waals surface area contributed by atoms with Gasteiger partial charge in [-0.3, -0.25) is 0 Å². The van der Waals surface area contributed by atoms with E-state index in [-0.39, 0.29) is 11.8 Å². The maximum Gasteiger partial charge on any atom is 0.0859 e. The molecule has 2 unspecified atom stereocenters. The fraction of sp³-hybridized carbons (Fsp3) is 0.182. The molecule has 120 valence electrons. The topological polar surface area (TPSA) is 40.5 Å². The zero-order chi connectivity index (χ0) is 16.5. The summed E-state index contributed by atoms with van der Waals surface area (Å²) in [7, 11) is 0. The molecule has 2 atom stereocenters. The molecule has 0 spiro atoms. The lowest BCUT2D eigenvalue weighted by Gasteiger charge is -2.30. The summed E-state index contributed by atoms with van der Waals surface area (Å²) >= 11 is 0. The van der Waals surface area contributed by atoms with E-state index >= 15 is 0 Å². The van der Waals surface area contributed by atoms with Gasteiger partial charge in [0.05, 0.1) is 12.2 Å². The molecule has 0 bridgehead atoms. The average Bonchev–Trinajstić information content (AvgIpc) is 2.90. The van der Waals surface area contributed by atoms with Crippen LogP contribution in [0.2, 0.25) is 0 Å². The lowest BCUT2D eigenvalue weighted by Crippen LogP contribution is -2.22. The molecule has 4 rings (SSSR count). The maximum absolute atomic E-state index is 10.9. The normalized spacial score (nSPS) is 22.5. The molecule has 0 fully saturated rings. The van der Waals surface area contributed by atoms with Crippen LogP contribution in [0, 0.1) is 5.92 Å². The first-order valence-electron chi connectivity index (χ1n) is 8.32. The fourth-order valence-electron chi connectivity index (χ4n) is 3.96. The Bertz CT molecular complexity index is 745. The van der Waals surface area contributed by atoms with E-state index in [4.69, 9.17) is 0 Å². The summed E-state index contributed by atoms with van der Waals surface area (Å²) in [6, 6.07) is 27.9. The van der Waals surface area contributed by atoms with Crippen LogP contribution in [0.25, 0.3) is 0 Å². The van der Waals surface area contributed by atoms with Crippen LogP contribution in [0.1, 0.15) is 40.4 Å². The summed E-state index contributed by atoms with van der Waals surface area (Å²) in [6.45, 7) is 0. The minimum atomic E-state index is -0.679. The highest BCUT2D eigenvalue weighted by atomic mass is 16.3. The molecule has 1 aliphatic rings. The molecule has 3 aromatic carbocycles. The Kier molecular flexibility index (Phi) is 3.93. The number of aliphatic hydroxyl groups excluding tert-OH is 2. The Morgan fingerprint density at radius 2 is 0.917 bits per heavy atom. The Labute approximate surface area is 142 Å². The first-order valence-corrected chi connectivity index (χ1v) is 8.32. The van der Waals surface area contributed by atoms with Crippen molar-refractivity contribution in [1.82, 2.24) is 0 Å². The third kappa shape index (κ3) is 2.44. The number of hydrogen-bond acceptors (Lipinski definition) is 2. The third-order valence-corrected chi connectivity index (χ3v) is 5.06. The summed E-state index contributed by atoms with van der Waals surface area (Å²) in [5.41, 5.74) is 3.90. The minimum Gasteiger partial charge on any atom is -0.388 e. The molecular weight excluding hydrogens is 296 g/mol. The molecule has 0 aliphatic heterocycles.